The zero-order valence-electron chi connectivity index (χ0n) is 10.4. The van der Waals surface area contributed by atoms with Crippen molar-refractivity contribution < 1.29 is 4.52 Å². The Morgan fingerprint density at radius 3 is 3.06 bits per heavy atom. The van der Waals surface area contributed by atoms with Crippen LogP contribution in [-0.4, -0.2) is 11.7 Å². The van der Waals surface area contributed by atoms with E-state index in [1.54, 1.807) is 0 Å². The summed E-state index contributed by atoms with van der Waals surface area (Å²) in [5.74, 6) is 1.78. The standard InChI is InChI=1S/C13H22N2O/c1-3-8-14-9-12-11-7-5-6-10(4-2)13(11)16-15-12/h10,14H,3-9H2,1-2H3. The number of hydrogen-bond acceptors (Lipinski definition) is 3. The maximum absolute atomic E-state index is 5.53. The Morgan fingerprint density at radius 2 is 2.31 bits per heavy atom. The lowest BCUT2D eigenvalue weighted by atomic mass is 9.86. The second kappa shape index (κ2) is 5.48. The molecule has 16 heavy (non-hydrogen) atoms. The number of fused-ring (bicyclic) bond motifs is 1. The van der Waals surface area contributed by atoms with E-state index in [0.29, 0.717) is 5.92 Å². The predicted molar refractivity (Wildman–Crippen MR) is 64.5 cm³/mol. The summed E-state index contributed by atoms with van der Waals surface area (Å²) in [6.07, 6.45) is 6.04. The molecule has 1 unspecified atom stereocenters. The molecule has 0 saturated heterocycles. The molecule has 1 aromatic rings. The van der Waals surface area contributed by atoms with Crippen LogP contribution in [0.1, 0.15) is 62.5 Å². The van der Waals surface area contributed by atoms with Crippen LogP contribution in [0.25, 0.3) is 0 Å². The summed E-state index contributed by atoms with van der Waals surface area (Å²) in [6, 6.07) is 0. The van der Waals surface area contributed by atoms with Gasteiger partial charge in [-0.1, -0.05) is 19.0 Å². The molecular weight excluding hydrogens is 200 g/mol. The van der Waals surface area contributed by atoms with Crippen LogP contribution >= 0.6 is 0 Å². The van der Waals surface area contributed by atoms with Crippen molar-refractivity contribution in [1.82, 2.24) is 10.5 Å². The smallest absolute Gasteiger partial charge is 0.143 e. The zero-order valence-corrected chi connectivity index (χ0v) is 10.4. The zero-order chi connectivity index (χ0) is 11.4. The first-order chi connectivity index (χ1) is 7.86. The molecule has 0 spiro atoms. The first-order valence-corrected chi connectivity index (χ1v) is 6.54. The van der Waals surface area contributed by atoms with Gasteiger partial charge in [-0.25, -0.2) is 0 Å². The van der Waals surface area contributed by atoms with Crippen molar-refractivity contribution in [2.24, 2.45) is 0 Å². The van der Waals surface area contributed by atoms with Gasteiger partial charge < -0.3 is 9.84 Å². The van der Waals surface area contributed by atoms with Crippen molar-refractivity contribution in [3.63, 3.8) is 0 Å². The fourth-order valence-corrected chi connectivity index (χ4v) is 2.51. The van der Waals surface area contributed by atoms with Crippen molar-refractivity contribution in [2.75, 3.05) is 6.54 Å². The molecule has 3 nitrogen and oxygen atoms in total. The van der Waals surface area contributed by atoms with Crippen LogP contribution in [0.15, 0.2) is 4.52 Å². The van der Waals surface area contributed by atoms with Crippen LogP contribution in [0.2, 0.25) is 0 Å². The molecule has 0 aromatic carbocycles. The molecule has 0 amide bonds. The monoisotopic (exact) mass is 222 g/mol. The minimum absolute atomic E-state index is 0.608. The highest BCUT2D eigenvalue weighted by Crippen LogP contribution is 2.35. The number of hydrogen-bond donors (Lipinski definition) is 1. The van der Waals surface area contributed by atoms with Gasteiger partial charge in [-0.3, -0.25) is 0 Å². The summed E-state index contributed by atoms with van der Waals surface area (Å²) in [5, 5.41) is 7.63. The minimum Gasteiger partial charge on any atom is -0.361 e. The molecule has 1 atom stereocenters. The van der Waals surface area contributed by atoms with Gasteiger partial charge in [0.2, 0.25) is 0 Å². The van der Waals surface area contributed by atoms with Crippen LogP contribution in [0, 0.1) is 0 Å². The average Bonchev–Trinajstić information content (AvgIpc) is 2.73. The molecule has 90 valence electrons. The van der Waals surface area contributed by atoms with Gasteiger partial charge >= 0.3 is 0 Å². The van der Waals surface area contributed by atoms with Crippen molar-refractivity contribution in [3.8, 4) is 0 Å². The molecule has 1 aromatic heterocycles. The highest BCUT2D eigenvalue weighted by atomic mass is 16.5. The van der Waals surface area contributed by atoms with E-state index in [2.05, 4.69) is 24.3 Å². The van der Waals surface area contributed by atoms with Crippen LogP contribution < -0.4 is 5.32 Å². The quantitative estimate of drug-likeness (QED) is 0.778. The van der Waals surface area contributed by atoms with Crippen molar-refractivity contribution >= 4 is 0 Å². The van der Waals surface area contributed by atoms with Crippen LogP contribution in [0.4, 0.5) is 0 Å². The summed E-state index contributed by atoms with van der Waals surface area (Å²) in [7, 11) is 0. The fraction of sp³-hybridized carbons (Fsp3) is 0.769. The highest BCUT2D eigenvalue weighted by Gasteiger charge is 2.26. The van der Waals surface area contributed by atoms with Gasteiger partial charge in [-0.05, 0) is 38.6 Å². The lowest BCUT2D eigenvalue weighted by molar-refractivity contribution is 0.333. The van der Waals surface area contributed by atoms with Gasteiger partial charge in [-0.2, -0.15) is 0 Å². The average molecular weight is 222 g/mol. The maximum atomic E-state index is 5.53. The van der Waals surface area contributed by atoms with E-state index in [9.17, 15) is 0 Å². The molecule has 0 bridgehead atoms. The lowest BCUT2D eigenvalue weighted by Crippen LogP contribution is -2.16. The molecule has 1 N–H and O–H groups in total. The molecule has 0 aliphatic heterocycles. The Balaban J connectivity index is 2.07. The topological polar surface area (TPSA) is 38.1 Å². The van der Waals surface area contributed by atoms with Crippen LogP contribution in [-0.2, 0) is 13.0 Å². The van der Waals surface area contributed by atoms with E-state index in [-0.39, 0.29) is 0 Å². The summed E-state index contributed by atoms with van der Waals surface area (Å²) < 4.78 is 5.53. The van der Waals surface area contributed by atoms with E-state index in [1.807, 2.05) is 0 Å². The second-order valence-electron chi connectivity index (χ2n) is 4.65. The second-order valence-corrected chi connectivity index (χ2v) is 4.65. The van der Waals surface area contributed by atoms with E-state index in [4.69, 9.17) is 4.52 Å². The summed E-state index contributed by atoms with van der Waals surface area (Å²) >= 11 is 0. The first kappa shape index (κ1) is 11.6. The van der Waals surface area contributed by atoms with Crippen molar-refractivity contribution in [3.05, 3.63) is 17.0 Å². The third-order valence-corrected chi connectivity index (χ3v) is 3.46. The highest BCUT2D eigenvalue weighted by molar-refractivity contribution is 5.28. The van der Waals surface area contributed by atoms with Crippen LogP contribution in [0.3, 0.4) is 0 Å². The lowest BCUT2D eigenvalue weighted by Gasteiger charge is -2.18. The molecule has 3 heteroatoms. The third-order valence-electron chi connectivity index (χ3n) is 3.46. The molecule has 0 fully saturated rings. The number of nitrogens with one attached hydrogen (secondary N) is 1. The maximum Gasteiger partial charge on any atom is 0.143 e. The Hall–Kier alpha value is -0.830. The normalized spacial score (nSPS) is 19.8. The van der Waals surface area contributed by atoms with Crippen molar-refractivity contribution in [2.45, 2.75) is 58.4 Å². The largest absolute Gasteiger partial charge is 0.361 e. The Morgan fingerprint density at radius 1 is 1.44 bits per heavy atom. The van der Waals surface area contributed by atoms with Gasteiger partial charge in [0.15, 0.2) is 0 Å². The van der Waals surface area contributed by atoms with Crippen molar-refractivity contribution in [1.29, 1.82) is 0 Å². The summed E-state index contributed by atoms with van der Waals surface area (Å²) in [6.45, 7) is 6.33. The Kier molecular flexibility index (Phi) is 3.99. The molecule has 1 heterocycles. The SMILES string of the molecule is CCCNCc1noc2c1CCCC2CC. The van der Waals surface area contributed by atoms with Gasteiger partial charge in [0.05, 0.1) is 0 Å². The van der Waals surface area contributed by atoms with E-state index in [0.717, 1.165) is 31.6 Å². The van der Waals surface area contributed by atoms with Gasteiger partial charge in [-0.15, -0.1) is 0 Å². The molecule has 0 saturated carbocycles. The van der Waals surface area contributed by atoms with Gasteiger partial charge in [0.25, 0.3) is 0 Å². The number of rotatable bonds is 5. The van der Waals surface area contributed by atoms with E-state index >= 15 is 0 Å². The molecule has 0 radical (unpaired) electrons. The van der Waals surface area contributed by atoms with Gasteiger partial charge in [0, 0.05) is 18.0 Å². The Bertz CT molecular complexity index is 333. The number of nitrogens with zero attached hydrogens (tertiary/aromatic N) is 1. The molecule has 2 rings (SSSR count). The predicted octanol–water partition coefficient (Wildman–Crippen LogP) is 3.00. The third kappa shape index (κ3) is 2.29. The van der Waals surface area contributed by atoms with Gasteiger partial charge in [0.1, 0.15) is 11.5 Å². The van der Waals surface area contributed by atoms with Crippen LogP contribution in [0.5, 0.6) is 0 Å². The molecule has 1 aliphatic rings. The summed E-state index contributed by atoms with van der Waals surface area (Å²) in [4.78, 5) is 0. The van der Waals surface area contributed by atoms with E-state index < -0.39 is 0 Å². The Labute approximate surface area is 97.6 Å². The number of aromatic nitrogens is 1. The molecular formula is C13H22N2O. The minimum atomic E-state index is 0.608. The first-order valence-electron chi connectivity index (χ1n) is 6.54. The fourth-order valence-electron chi connectivity index (χ4n) is 2.51. The van der Waals surface area contributed by atoms with E-state index in [1.165, 1.54) is 30.6 Å². The molecule has 1 aliphatic carbocycles. The summed E-state index contributed by atoms with van der Waals surface area (Å²) in [5.41, 5.74) is 2.53.